The summed E-state index contributed by atoms with van der Waals surface area (Å²) in [6.45, 7) is 0.149. The van der Waals surface area contributed by atoms with E-state index in [2.05, 4.69) is 20.8 Å². The summed E-state index contributed by atoms with van der Waals surface area (Å²) in [4.78, 5) is 0. The third kappa shape index (κ3) is 2.41. The minimum atomic E-state index is 0.120. The van der Waals surface area contributed by atoms with Crippen LogP contribution in [-0.4, -0.2) is 33.6 Å². The molecule has 1 aromatic carbocycles. The smallest absolute Gasteiger partial charge is 0.137 e. The van der Waals surface area contributed by atoms with Crippen molar-refractivity contribution in [3.05, 3.63) is 41.5 Å². The number of methoxy groups -OCH3 is 1. The van der Waals surface area contributed by atoms with Gasteiger partial charge >= 0.3 is 0 Å². The molecule has 0 bridgehead atoms. The molecule has 2 aromatic rings. The van der Waals surface area contributed by atoms with Crippen molar-refractivity contribution in [2.45, 2.75) is 31.7 Å². The molecule has 0 aliphatic carbocycles. The van der Waals surface area contributed by atoms with Crippen LogP contribution in [0.4, 0.5) is 0 Å². The van der Waals surface area contributed by atoms with E-state index < -0.39 is 0 Å². The van der Waals surface area contributed by atoms with Crippen molar-refractivity contribution in [3.63, 3.8) is 0 Å². The highest BCUT2D eigenvalue weighted by molar-refractivity contribution is 5.30. The van der Waals surface area contributed by atoms with E-state index >= 15 is 0 Å². The van der Waals surface area contributed by atoms with Crippen LogP contribution < -0.4 is 4.74 Å². The van der Waals surface area contributed by atoms with Crippen molar-refractivity contribution < 1.29 is 9.84 Å². The highest BCUT2D eigenvalue weighted by Gasteiger charge is 2.23. The van der Waals surface area contributed by atoms with Crippen molar-refractivity contribution >= 4 is 0 Å². The minimum absolute atomic E-state index is 0.120. The van der Waals surface area contributed by atoms with Crippen LogP contribution in [0, 0.1) is 0 Å². The first kappa shape index (κ1) is 13.1. The lowest BCUT2D eigenvalue weighted by molar-refractivity contribution is 0.203. The molecule has 1 aromatic heterocycles. The molecule has 2 heterocycles. The number of hydrogen-bond acceptors (Lipinski definition) is 4. The maximum atomic E-state index is 9.53. The number of fused-ring (bicyclic) bond motifs is 1. The fourth-order valence-electron chi connectivity index (χ4n) is 2.84. The SMILES string of the molecule is COc1cccc(Cc2nnc3n2C(CO)CCC3)c1. The molecule has 1 aliphatic rings. The Kier molecular flexibility index (Phi) is 3.69. The van der Waals surface area contributed by atoms with Gasteiger partial charge < -0.3 is 14.4 Å². The molecule has 0 saturated heterocycles. The molecule has 0 radical (unpaired) electrons. The predicted molar refractivity (Wildman–Crippen MR) is 74.9 cm³/mol. The largest absolute Gasteiger partial charge is 0.497 e. The van der Waals surface area contributed by atoms with Crippen LogP contribution in [0.5, 0.6) is 5.75 Å². The van der Waals surface area contributed by atoms with Gasteiger partial charge in [-0.15, -0.1) is 10.2 Å². The second-order valence-electron chi connectivity index (χ2n) is 5.16. The molecule has 3 rings (SSSR count). The molecule has 0 saturated carbocycles. The Morgan fingerprint density at radius 1 is 1.40 bits per heavy atom. The zero-order valence-electron chi connectivity index (χ0n) is 11.6. The maximum absolute atomic E-state index is 9.53. The van der Waals surface area contributed by atoms with Crippen LogP contribution in [0.25, 0.3) is 0 Å². The number of aliphatic hydroxyl groups excluding tert-OH is 1. The zero-order chi connectivity index (χ0) is 13.9. The van der Waals surface area contributed by atoms with Crippen molar-refractivity contribution in [1.82, 2.24) is 14.8 Å². The lowest BCUT2D eigenvalue weighted by Crippen LogP contribution is -2.23. The van der Waals surface area contributed by atoms with E-state index in [1.165, 1.54) is 0 Å². The maximum Gasteiger partial charge on any atom is 0.137 e. The van der Waals surface area contributed by atoms with Crippen molar-refractivity contribution in [3.8, 4) is 5.75 Å². The van der Waals surface area contributed by atoms with Crippen molar-refractivity contribution in [2.24, 2.45) is 0 Å². The first-order valence-electron chi connectivity index (χ1n) is 6.98. The summed E-state index contributed by atoms with van der Waals surface area (Å²) in [5.41, 5.74) is 1.14. The van der Waals surface area contributed by atoms with Crippen LogP contribution in [-0.2, 0) is 12.8 Å². The number of hydrogen-bond donors (Lipinski definition) is 1. The number of ether oxygens (including phenoxy) is 1. The molecule has 1 atom stereocenters. The monoisotopic (exact) mass is 273 g/mol. The highest BCUT2D eigenvalue weighted by atomic mass is 16.5. The Labute approximate surface area is 118 Å². The van der Waals surface area contributed by atoms with E-state index in [0.717, 1.165) is 42.2 Å². The first-order chi connectivity index (χ1) is 9.81. The second-order valence-corrected chi connectivity index (χ2v) is 5.16. The van der Waals surface area contributed by atoms with Gasteiger partial charge in [0.2, 0.25) is 0 Å². The standard InChI is InChI=1S/C15H19N3O2/c1-20-13-6-2-4-11(8-13)9-15-17-16-14-7-3-5-12(10-19)18(14)15/h2,4,6,8,12,19H,3,5,7,9-10H2,1H3. The summed E-state index contributed by atoms with van der Waals surface area (Å²) in [7, 11) is 1.67. The number of aromatic nitrogens is 3. The number of aryl methyl sites for hydroxylation is 1. The molecular weight excluding hydrogens is 254 g/mol. The number of nitrogens with zero attached hydrogens (tertiary/aromatic N) is 3. The predicted octanol–water partition coefficient (Wildman–Crippen LogP) is 1.75. The molecule has 0 spiro atoms. The van der Waals surface area contributed by atoms with E-state index in [-0.39, 0.29) is 12.6 Å². The molecule has 1 unspecified atom stereocenters. The normalized spacial score (nSPS) is 17.8. The van der Waals surface area contributed by atoms with E-state index in [1.807, 2.05) is 18.2 Å². The van der Waals surface area contributed by atoms with Gasteiger partial charge in [0.25, 0.3) is 0 Å². The molecule has 0 amide bonds. The summed E-state index contributed by atoms with van der Waals surface area (Å²) in [6.07, 6.45) is 3.72. The Bertz CT molecular complexity index is 595. The van der Waals surface area contributed by atoms with Gasteiger partial charge in [-0.25, -0.2) is 0 Å². The van der Waals surface area contributed by atoms with Gasteiger partial charge in [0, 0.05) is 12.8 Å². The van der Waals surface area contributed by atoms with Gasteiger partial charge in [-0.2, -0.15) is 0 Å². The van der Waals surface area contributed by atoms with Crippen molar-refractivity contribution in [2.75, 3.05) is 13.7 Å². The molecule has 5 nitrogen and oxygen atoms in total. The Hall–Kier alpha value is -1.88. The van der Waals surface area contributed by atoms with Gasteiger partial charge in [-0.05, 0) is 30.5 Å². The number of benzene rings is 1. The fourth-order valence-corrected chi connectivity index (χ4v) is 2.84. The molecule has 5 heteroatoms. The van der Waals surface area contributed by atoms with Crippen LogP contribution >= 0.6 is 0 Å². The average molecular weight is 273 g/mol. The van der Waals surface area contributed by atoms with Crippen molar-refractivity contribution in [1.29, 1.82) is 0 Å². The lowest BCUT2D eigenvalue weighted by atomic mass is 10.0. The third-order valence-corrected chi connectivity index (χ3v) is 3.85. The molecule has 20 heavy (non-hydrogen) atoms. The Balaban J connectivity index is 1.89. The van der Waals surface area contributed by atoms with Gasteiger partial charge in [0.1, 0.15) is 17.4 Å². The second kappa shape index (κ2) is 5.63. The molecular formula is C15H19N3O2. The molecule has 1 aliphatic heterocycles. The average Bonchev–Trinajstić information content (AvgIpc) is 2.90. The van der Waals surface area contributed by atoms with E-state index in [1.54, 1.807) is 7.11 Å². The summed E-state index contributed by atoms with van der Waals surface area (Å²) in [5.74, 6) is 2.76. The van der Waals surface area contributed by atoms with Crippen LogP contribution in [0.15, 0.2) is 24.3 Å². The van der Waals surface area contributed by atoms with E-state index in [9.17, 15) is 5.11 Å². The van der Waals surface area contributed by atoms with Gasteiger partial charge in [-0.3, -0.25) is 0 Å². The molecule has 1 N–H and O–H groups in total. The van der Waals surface area contributed by atoms with E-state index in [4.69, 9.17) is 4.74 Å². The van der Waals surface area contributed by atoms with E-state index in [0.29, 0.717) is 6.42 Å². The van der Waals surface area contributed by atoms with Crippen LogP contribution in [0.1, 0.15) is 36.1 Å². The summed E-state index contributed by atoms with van der Waals surface area (Å²) >= 11 is 0. The molecule has 0 fully saturated rings. The summed E-state index contributed by atoms with van der Waals surface area (Å²) < 4.78 is 7.36. The first-order valence-corrected chi connectivity index (χ1v) is 6.98. The van der Waals surface area contributed by atoms with Gasteiger partial charge in [0.15, 0.2) is 0 Å². The van der Waals surface area contributed by atoms with Crippen LogP contribution in [0.2, 0.25) is 0 Å². The van der Waals surface area contributed by atoms with Gasteiger partial charge in [0.05, 0.1) is 19.8 Å². The fraction of sp³-hybridized carbons (Fsp3) is 0.467. The lowest BCUT2D eigenvalue weighted by Gasteiger charge is -2.24. The quantitative estimate of drug-likeness (QED) is 0.922. The van der Waals surface area contributed by atoms with Crippen LogP contribution in [0.3, 0.4) is 0 Å². The summed E-state index contributed by atoms with van der Waals surface area (Å²) in [5, 5.41) is 18.1. The topological polar surface area (TPSA) is 60.2 Å². The third-order valence-electron chi connectivity index (χ3n) is 3.85. The summed E-state index contributed by atoms with van der Waals surface area (Å²) in [6, 6.07) is 8.10. The molecule has 106 valence electrons. The number of rotatable bonds is 4. The minimum Gasteiger partial charge on any atom is -0.497 e. The Morgan fingerprint density at radius 3 is 3.10 bits per heavy atom. The Morgan fingerprint density at radius 2 is 2.30 bits per heavy atom. The number of aliphatic hydroxyl groups is 1. The zero-order valence-corrected chi connectivity index (χ0v) is 11.6. The van der Waals surface area contributed by atoms with Gasteiger partial charge in [-0.1, -0.05) is 12.1 Å². The highest BCUT2D eigenvalue weighted by Crippen LogP contribution is 2.26.